The monoisotopic (exact) mass is 495 g/mol. The minimum atomic E-state index is -1.90. The molecular formula is C28H41N3O3Si. The fraction of sp³-hybridized carbons (Fsp3) is 0.536. The molecule has 190 valence electrons. The Bertz CT molecular complexity index is 1210. The molecule has 2 unspecified atom stereocenters. The molecule has 6 nitrogen and oxygen atoms in total. The molecule has 3 aromatic rings. The zero-order valence-electron chi connectivity index (χ0n) is 23.0. The van der Waals surface area contributed by atoms with Crippen LogP contribution in [0.2, 0.25) is 18.1 Å². The topological polar surface area (TPSA) is 66.2 Å². The van der Waals surface area contributed by atoms with Crippen LogP contribution in [0.3, 0.4) is 0 Å². The Morgan fingerprint density at radius 3 is 2.46 bits per heavy atom. The summed E-state index contributed by atoms with van der Waals surface area (Å²) in [6.07, 6.45) is 0. The summed E-state index contributed by atoms with van der Waals surface area (Å²) in [6, 6.07) is 10.6. The van der Waals surface area contributed by atoms with Crippen molar-refractivity contribution in [3.63, 3.8) is 0 Å². The van der Waals surface area contributed by atoms with Gasteiger partial charge in [-0.2, -0.15) is 0 Å². The fourth-order valence-electron chi connectivity index (χ4n) is 4.25. The van der Waals surface area contributed by atoms with Crippen molar-refractivity contribution in [1.82, 2.24) is 15.0 Å². The molecule has 0 amide bonds. The van der Waals surface area contributed by atoms with E-state index in [9.17, 15) is 4.79 Å². The van der Waals surface area contributed by atoms with Gasteiger partial charge in [0.2, 0.25) is 0 Å². The van der Waals surface area contributed by atoms with E-state index < -0.39 is 8.32 Å². The molecule has 0 aliphatic carbocycles. The number of benzene rings is 2. The van der Waals surface area contributed by atoms with Crippen molar-refractivity contribution in [2.45, 2.75) is 79.1 Å². The first kappa shape index (κ1) is 27.1. The van der Waals surface area contributed by atoms with Crippen LogP contribution in [0.4, 0.5) is 0 Å². The van der Waals surface area contributed by atoms with Crippen molar-refractivity contribution in [1.29, 1.82) is 0 Å². The van der Waals surface area contributed by atoms with Crippen LogP contribution in [-0.2, 0) is 27.6 Å². The van der Waals surface area contributed by atoms with Crippen molar-refractivity contribution in [2.24, 2.45) is 13.0 Å². The number of fused-ring (bicyclic) bond motifs is 1. The van der Waals surface area contributed by atoms with Gasteiger partial charge >= 0.3 is 5.97 Å². The third kappa shape index (κ3) is 5.51. The number of ether oxygens (including phenoxy) is 1. The third-order valence-corrected chi connectivity index (χ3v) is 12.2. The van der Waals surface area contributed by atoms with Gasteiger partial charge in [-0.05, 0) is 72.8 Å². The Hall–Kier alpha value is -2.51. The summed E-state index contributed by atoms with van der Waals surface area (Å²) < 4.78 is 13.8. The first-order valence-corrected chi connectivity index (χ1v) is 15.4. The first-order chi connectivity index (χ1) is 16.3. The predicted octanol–water partition coefficient (Wildman–Crippen LogP) is 6.44. The second kappa shape index (κ2) is 10.2. The zero-order valence-corrected chi connectivity index (χ0v) is 24.0. The number of rotatable bonds is 8. The molecule has 0 saturated heterocycles. The van der Waals surface area contributed by atoms with E-state index in [4.69, 9.17) is 9.16 Å². The van der Waals surface area contributed by atoms with Gasteiger partial charge in [0.15, 0.2) is 8.32 Å². The summed E-state index contributed by atoms with van der Waals surface area (Å²) in [7, 11) is -0.00769. The quantitative estimate of drug-likeness (QED) is 0.266. The van der Waals surface area contributed by atoms with Crippen molar-refractivity contribution in [2.75, 3.05) is 6.61 Å². The number of carbonyl (C=O) groups is 1. The van der Waals surface area contributed by atoms with Crippen molar-refractivity contribution in [3.8, 4) is 0 Å². The number of aryl methyl sites for hydroxylation is 3. The van der Waals surface area contributed by atoms with E-state index in [0.717, 1.165) is 33.3 Å². The second-order valence-electron chi connectivity index (χ2n) is 11.1. The maximum atomic E-state index is 13.0. The molecule has 0 bridgehead atoms. The summed E-state index contributed by atoms with van der Waals surface area (Å²) in [6.45, 7) is 20.2. The predicted molar refractivity (Wildman–Crippen MR) is 144 cm³/mol. The Morgan fingerprint density at radius 2 is 1.83 bits per heavy atom. The van der Waals surface area contributed by atoms with E-state index in [2.05, 4.69) is 82.3 Å². The lowest BCUT2D eigenvalue weighted by molar-refractivity contribution is -0.147. The number of aromatic nitrogens is 3. The van der Waals surface area contributed by atoms with E-state index in [1.807, 2.05) is 27.0 Å². The average molecular weight is 496 g/mol. The molecule has 2 aromatic carbocycles. The van der Waals surface area contributed by atoms with Crippen molar-refractivity contribution >= 4 is 25.3 Å². The smallest absolute Gasteiger partial charge is 0.309 e. The Kier molecular flexibility index (Phi) is 7.92. The molecule has 1 heterocycles. The van der Waals surface area contributed by atoms with Gasteiger partial charge in [-0.1, -0.05) is 57.2 Å². The molecule has 0 saturated carbocycles. The fourth-order valence-corrected chi connectivity index (χ4v) is 5.20. The van der Waals surface area contributed by atoms with Crippen LogP contribution in [0, 0.1) is 19.8 Å². The average Bonchev–Trinajstić information content (AvgIpc) is 3.16. The Morgan fingerprint density at radius 1 is 1.14 bits per heavy atom. The van der Waals surface area contributed by atoms with E-state index in [1.165, 1.54) is 5.56 Å². The highest BCUT2D eigenvalue weighted by atomic mass is 28.4. The normalized spacial score (nSPS) is 14.2. The van der Waals surface area contributed by atoms with Crippen LogP contribution in [0.1, 0.15) is 68.4 Å². The number of nitrogens with zero attached hydrogens (tertiary/aromatic N) is 3. The lowest BCUT2D eigenvalue weighted by Crippen LogP contribution is -2.40. The SMILES string of the molecule is CCOC(=O)C(C)C(c1ccc(C)c(CO[Si](C)(C)C(C)(C)C)c1)c1ccc2c(nnn2C)c1C. The second-order valence-corrected chi connectivity index (χ2v) is 15.9. The zero-order chi connectivity index (χ0) is 26.1. The van der Waals surface area contributed by atoms with Crippen molar-refractivity contribution in [3.05, 3.63) is 58.1 Å². The van der Waals surface area contributed by atoms with Gasteiger partial charge in [-0.15, -0.1) is 5.10 Å². The molecule has 0 radical (unpaired) electrons. The van der Waals surface area contributed by atoms with Gasteiger partial charge in [0.05, 0.1) is 24.6 Å². The van der Waals surface area contributed by atoms with Crippen LogP contribution in [0.5, 0.6) is 0 Å². The summed E-state index contributed by atoms with van der Waals surface area (Å²) >= 11 is 0. The largest absolute Gasteiger partial charge is 0.466 e. The van der Waals surface area contributed by atoms with Gasteiger partial charge in [0.25, 0.3) is 0 Å². The van der Waals surface area contributed by atoms with Gasteiger partial charge in [0.1, 0.15) is 5.52 Å². The number of hydrogen-bond donors (Lipinski definition) is 0. The van der Waals surface area contributed by atoms with Crippen LogP contribution in [0.25, 0.3) is 11.0 Å². The number of hydrogen-bond acceptors (Lipinski definition) is 5. The molecule has 2 atom stereocenters. The van der Waals surface area contributed by atoms with Crippen LogP contribution >= 0.6 is 0 Å². The molecule has 3 rings (SSSR count). The molecule has 0 aliphatic rings. The van der Waals surface area contributed by atoms with Gasteiger partial charge in [-0.25, -0.2) is 4.68 Å². The van der Waals surface area contributed by atoms with Gasteiger partial charge in [-0.3, -0.25) is 4.79 Å². The first-order valence-electron chi connectivity index (χ1n) is 12.5. The molecule has 0 spiro atoms. The van der Waals surface area contributed by atoms with E-state index in [1.54, 1.807) is 4.68 Å². The van der Waals surface area contributed by atoms with E-state index >= 15 is 0 Å². The Balaban J connectivity index is 2.09. The maximum Gasteiger partial charge on any atom is 0.309 e. The number of esters is 1. The van der Waals surface area contributed by atoms with Crippen LogP contribution < -0.4 is 0 Å². The third-order valence-electron chi connectivity index (χ3n) is 7.70. The molecule has 35 heavy (non-hydrogen) atoms. The summed E-state index contributed by atoms with van der Waals surface area (Å²) in [5, 5.41) is 8.72. The molecule has 0 N–H and O–H groups in total. The minimum absolute atomic E-state index is 0.142. The van der Waals surface area contributed by atoms with Gasteiger partial charge in [0, 0.05) is 13.0 Å². The standard InChI is InChI=1S/C28H41N3O3Si/c1-11-33-27(32)20(4)25(23-14-15-24-26(19(23)3)29-30-31(24)8)21-13-12-18(2)22(16-21)17-34-35(9,10)28(5,6)7/h12-16,20,25H,11,17H2,1-10H3. The highest BCUT2D eigenvalue weighted by molar-refractivity contribution is 6.74. The minimum Gasteiger partial charge on any atom is -0.466 e. The summed E-state index contributed by atoms with van der Waals surface area (Å²) in [5.74, 6) is -0.733. The highest BCUT2D eigenvalue weighted by Gasteiger charge is 2.37. The molecule has 1 aromatic heterocycles. The van der Waals surface area contributed by atoms with Crippen molar-refractivity contribution < 1.29 is 14.0 Å². The molecule has 7 heteroatoms. The lowest BCUT2D eigenvalue weighted by Gasteiger charge is -2.36. The van der Waals surface area contributed by atoms with E-state index in [0.29, 0.717) is 13.2 Å². The highest BCUT2D eigenvalue weighted by Crippen LogP contribution is 2.39. The molecule has 0 aliphatic heterocycles. The Labute approximate surface area is 211 Å². The molecule has 0 fully saturated rings. The van der Waals surface area contributed by atoms with Crippen LogP contribution in [0.15, 0.2) is 30.3 Å². The summed E-state index contributed by atoms with van der Waals surface area (Å²) in [4.78, 5) is 13.0. The van der Waals surface area contributed by atoms with E-state index in [-0.39, 0.29) is 22.8 Å². The number of carbonyl (C=O) groups excluding carboxylic acids is 1. The van der Waals surface area contributed by atoms with Crippen LogP contribution in [-0.4, -0.2) is 35.9 Å². The maximum absolute atomic E-state index is 13.0. The van der Waals surface area contributed by atoms with Gasteiger partial charge < -0.3 is 9.16 Å². The lowest BCUT2D eigenvalue weighted by atomic mass is 9.79. The molecular weight excluding hydrogens is 454 g/mol. The summed E-state index contributed by atoms with van der Waals surface area (Å²) in [5.41, 5.74) is 7.37.